The van der Waals surface area contributed by atoms with Crippen LogP contribution in [0.1, 0.15) is 37.1 Å². The van der Waals surface area contributed by atoms with Gasteiger partial charge in [0.05, 0.1) is 35.8 Å². The fraction of sp³-hybridized carbons (Fsp3) is 0.220. The molecule has 280 valence electrons. The SMILES string of the molecule is CC(=O)CC(Br)C=O.COc1ccc2c(c1)c(N)nc1cccc(C)c12.COc1ccc2c(c1)c1ncc(CC(C)=O)n1c1cccc(C)c21.O=CO[O-].[Na+]. The van der Waals surface area contributed by atoms with Crippen molar-refractivity contribution in [3.8, 4) is 11.5 Å². The molecule has 55 heavy (non-hydrogen) atoms. The Labute approximate surface area is 348 Å². The Morgan fingerprint density at radius 1 is 0.855 bits per heavy atom. The summed E-state index contributed by atoms with van der Waals surface area (Å²) in [5, 5.41) is 15.0. The maximum absolute atomic E-state index is 11.7. The number of fused-ring (bicyclic) bond motifs is 9. The average Bonchev–Trinajstić information content (AvgIpc) is 3.58. The Hall–Kier alpha value is -4.92. The number of hydrogen-bond donors (Lipinski definition) is 1. The molecule has 14 heteroatoms. The molecule has 7 rings (SSSR count). The summed E-state index contributed by atoms with van der Waals surface area (Å²) >= 11 is 2.99. The maximum Gasteiger partial charge on any atom is 1.00 e. The molecule has 4 aromatic carbocycles. The number of imidazole rings is 1. The molecule has 0 aliphatic heterocycles. The standard InChI is InChI=1S/C20H18N2O2.C15H14N2O.C5H7BrO2.CH2O3.Na/c1-12-5-4-6-18-19(12)16-8-7-15(24-3)10-17(16)20-21-11-14(22(18)20)9-13(2)23;1-9-4-3-5-13-14(9)11-7-6-10(18-2)8-12(11)15(16)17-13;1-4(8)2-5(6)3-7;2-1-4-3;/h4-8,10-11H,9H2,1-3H3;3-8H,1-2H3,(H2,16,17);3,5H,2H2,1H3;1,3H;/q;;;;+1/p-1. The van der Waals surface area contributed by atoms with Crippen molar-refractivity contribution in [1.82, 2.24) is 14.4 Å². The number of Topliss-reactive ketones (excluding diaryl/α,β-unsaturated/α-hetero) is 2. The van der Waals surface area contributed by atoms with Crippen LogP contribution in [0.4, 0.5) is 5.82 Å². The zero-order chi connectivity index (χ0) is 39.5. The topological polar surface area (TPSA) is 175 Å². The van der Waals surface area contributed by atoms with E-state index in [4.69, 9.17) is 25.3 Å². The van der Waals surface area contributed by atoms with Gasteiger partial charge in [-0.2, -0.15) is 0 Å². The second-order valence-electron chi connectivity index (χ2n) is 12.3. The number of carbonyl (C=O) groups excluding carboxylic acids is 4. The fourth-order valence-corrected chi connectivity index (χ4v) is 6.61. The molecule has 0 saturated heterocycles. The number of rotatable bonds is 8. The number of nitrogens with two attached hydrogens (primary N) is 1. The molecule has 0 radical (unpaired) electrons. The van der Waals surface area contributed by atoms with E-state index in [0.29, 0.717) is 24.9 Å². The zero-order valence-electron chi connectivity index (χ0n) is 31.7. The third-order valence-corrected chi connectivity index (χ3v) is 8.97. The molecule has 1 atom stereocenters. The first kappa shape index (κ1) is 44.5. The molecule has 3 heterocycles. The molecule has 12 nitrogen and oxygen atoms in total. The third-order valence-electron chi connectivity index (χ3n) is 8.43. The summed E-state index contributed by atoms with van der Waals surface area (Å²) in [5.74, 6) is 2.29. The molecule has 2 N–H and O–H groups in total. The van der Waals surface area contributed by atoms with Crippen LogP contribution in [0.3, 0.4) is 0 Å². The number of anilines is 1. The number of pyridine rings is 2. The third kappa shape index (κ3) is 10.6. The van der Waals surface area contributed by atoms with Gasteiger partial charge in [0.15, 0.2) is 0 Å². The number of aldehydes is 1. The van der Waals surface area contributed by atoms with Crippen LogP contribution < -0.4 is 50.0 Å². The summed E-state index contributed by atoms with van der Waals surface area (Å²) in [4.78, 5) is 51.8. The summed E-state index contributed by atoms with van der Waals surface area (Å²) < 4.78 is 12.7. The summed E-state index contributed by atoms with van der Waals surface area (Å²) in [7, 11) is 3.31. The van der Waals surface area contributed by atoms with Crippen LogP contribution in [0.5, 0.6) is 11.5 Å². The second-order valence-corrected chi connectivity index (χ2v) is 13.5. The minimum absolute atomic E-state index is 0. The van der Waals surface area contributed by atoms with Crippen molar-refractivity contribution >= 4 is 95.1 Å². The number of aryl methyl sites for hydroxylation is 2. The Bertz CT molecular complexity index is 2490. The van der Waals surface area contributed by atoms with Gasteiger partial charge in [0.1, 0.15) is 40.8 Å². The first-order chi connectivity index (χ1) is 25.9. The van der Waals surface area contributed by atoms with Gasteiger partial charge in [-0.3, -0.25) is 18.8 Å². The van der Waals surface area contributed by atoms with E-state index in [1.807, 2.05) is 48.5 Å². The van der Waals surface area contributed by atoms with Crippen molar-refractivity contribution in [2.45, 2.75) is 45.4 Å². The number of alkyl halides is 1. The Balaban J connectivity index is 0.000000231. The van der Waals surface area contributed by atoms with Crippen molar-refractivity contribution < 1.29 is 68.4 Å². The number of ether oxygens (including phenoxy) is 2. The monoisotopic (exact) mass is 818 g/mol. The van der Waals surface area contributed by atoms with Crippen molar-refractivity contribution in [2.24, 2.45) is 0 Å². The van der Waals surface area contributed by atoms with Crippen molar-refractivity contribution in [2.75, 3.05) is 20.0 Å². The van der Waals surface area contributed by atoms with E-state index < -0.39 is 0 Å². The minimum atomic E-state index is -0.292. The van der Waals surface area contributed by atoms with Crippen LogP contribution in [-0.2, 0) is 30.5 Å². The van der Waals surface area contributed by atoms with Crippen LogP contribution in [0, 0.1) is 13.8 Å². The van der Waals surface area contributed by atoms with Crippen molar-refractivity contribution in [3.63, 3.8) is 0 Å². The molecule has 7 aromatic rings. The van der Waals surface area contributed by atoms with Gasteiger partial charge in [0.25, 0.3) is 6.47 Å². The molecule has 0 fully saturated rings. The van der Waals surface area contributed by atoms with E-state index in [0.717, 1.165) is 60.8 Å². The van der Waals surface area contributed by atoms with Crippen LogP contribution in [0.2, 0.25) is 0 Å². The van der Waals surface area contributed by atoms with E-state index in [1.165, 1.54) is 23.4 Å². The molecule has 0 bridgehead atoms. The number of nitrogen functional groups attached to an aromatic ring is 1. The number of methoxy groups -OCH3 is 2. The number of hydrogen-bond acceptors (Lipinski definition) is 11. The molecule has 0 amide bonds. The van der Waals surface area contributed by atoms with E-state index >= 15 is 0 Å². The molecular formula is C41H40BrN4NaO8. The maximum atomic E-state index is 11.7. The Morgan fingerprint density at radius 3 is 1.95 bits per heavy atom. The van der Waals surface area contributed by atoms with Crippen LogP contribution in [0.15, 0.2) is 79.0 Å². The molecule has 3 aromatic heterocycles. The van der Waals surface area contributed by atoms with Gasteiger partial charge < -0.3 is 30.1 Å². The first-order valence-corrected chi connectivity index (χ1v) is 17.6. The average molecular weight is 820 g/mol. The summed E-state index contributed by atoms with van der Waals surface area (Å²) in [6.07, 6.45) is 3.18. The van der Waals surface area contributed by atoms with Gasteiger partial charge in [-0.25, -0.2) is 9.97 Å². The van der Waals surface area contributed by atoms with Crippen molar-refractivity contribution in [1.29, 1.82) is 0 Å². The van der Waals surface area contributed by atoms with Gasteiger partial charge in [-0.05, 0) is 98.1 Å². The largest absolute Gasteiger partial charge is 1.00 e. The summed E-state index contributed by atoms with van der Waals surface area (Å²) in [6.45, 7) is 7.08. The fourth-order valence-electron chi connectivity index (χ4n) is 6.16. The second kappa shape index (κ2) is 20.7. The Morgan fingerprint density at radius 2 is 1.42 bits per heavy atom. The van der Waals surface area contributed by atoms with E-state index in [9.17, 15) is 14.4 Å². The zero-order valence-corrected chi connectivity index (χ0v) is 35.3. The molecule has 1 unspecified atom stereocenters. The first-order valence-electron chi connectivity index (χ1n) is 16.7. The minimum Gasteiger partial charge on any atom is -0.662 e. The van der Waals surface area contributed by atoms with Crippen LogP contribution >= 0.6 is 15.9 Å². The van der Waals surface area contributed by atoms with Gasteiger partial charge >= 0.3 is 29.6 Å². The number of aromatic nitrogens is 3. The number of nitrogens with zero attached hydrogens (tertiary/aromatic N) is 3. The van der Waals surface area contributed by atoms with Gasteiger partial charge in [-0.1, -0.05) is 40.2 Å². The van der Waals surface area contributed by atoms with Crippen LogP contribution in [-0.4, -0.2) is 57.7 Å². The smallest absolute Gasteiger partial charge is 0.662 e. The summed E-state index contributed by atoms with van der Waals surface area (Å²) in [6, 6.07) is 24.3. The molecule has 0 saturated carbocycles. The quantitative estimate of drug-likeness (QED) is 0.0591. The van der Waals surface area contributed by atoms with E-state index in [-0.39, 0.29) is 52.4 Å². The molecule has 0 spiro atoms. The molecular weight excluding hydrogens is 779 g/mol. The van der Waals surface area contributed by atoms with Crippen LogP contribution in [0.25, 0.3) is 49.0 Å². The number of carbonyl (C=O) groups is 4. The summed E-state index contributed by atoms with van der Waals surface area (Å²) in [5.41, 5.74) is 12.2. The van der Waals surface area contributed by atoms with E-state index in [1.54, 1.807) is 27.3 Å². The number of ketones is 2. The molecule has 0 aliphatic rings. The van der Waals surface area contributed by atoms with E-state index in [2.05, 4.69) is 73.3 Å². The predicted octanol–water partition coefficient (Wildman–Crippen LogP) is 3.74. The predicted molar refractivity (Wildman–Crippen MR) is 212 cm³/mol. The van der Waals surface area contributed by atoms with Gasteiger partial charge in [0, 0.05) is 40.6 Å². The van der Waals surface area contributed by atoms with Crippen molar-refractivity contribution in [3.05, 3.63) is 95.8 Å². The van der Waals surface area contributed by atoms with Gasteiger partial charge in [0.2, 0.25) is 0 Å². The normalized spacial score (nSPS) is 10.8. The number of benzene rings is 4. The Kier molecular flexibility index (Phi) is 16.7. The number of halogens is 1. The molecule has 0 aliphatic carbocycles. The van der Waals surface area contributed by atoms with Gasteiger partial charge in [-0.15, -0.1) is 0 Å².